The quantitative estimate of drug-likeness (QED) is 0.0507. The fraction of sp³-hybridized carbons (Fsp3) is 0.574. The van der Waals surface area contributed by atoms with E-state index in [-0.39, 0.29) is 40.4 Å². The summed E-state index contributed by atoms with van der Waals surface area (Å²) in [4.78, 5) is 39.3. The largest absolute Gasteiger partial charge is 0.506 e. The van der Waals surface area contributed by atoms with E-state index < -0.39 is 6.23 Å². The Labute approximate surface area is 461 Å². The maximum absolute atomic E-state index is 15.1. The molecule has 416 valence electrons. The number of allylic oxidation sites excluding steroid dienone is 6. The number of unbranched alkanes of at least 4 members (excludes halogenated alkanes) is 6. The van der Waals surface area contributed by atoms with E-state index >= 15 is 4.79 Å². The predicted molar refractivity (Wildman–Crippen MR) is 325 cm³/mol. The van der Waals surface area contributed by atoms with Crippen LogP contribution in [-0.4, -0.2) is 46.9 Å². The van der Waals surface area contributed by atoms with Gasteiger partial charge in [-0.15, -0.1) is 0 Å². The Morgan fingerprint density at radius 2 is 1.09 bits per heavy atom. The molecule has 0 aliphatic heterocycles. The highest BCUT2D eigenvalue weighted by Crippen LogP contribution is 2.44. The third-order valence-corrected chi connectivity index (χ3v) is 16.3. The first kappa shape index (κ1) is 61.6. The van der Waals surface area contributed by atoms with Crippen LogP contribution in [0.4, 0.5) is 22.7 Å². The van der Waals surface area contributed by atoms with Crippen LogP contribution in [0.25, 0.3) is 5.57 Å². The van der Waals surface area contributed by atoms with Gasteiger partial charge in [-0.25, -0.2) is 0 Å². The van der Waals surface area contributed by atoms with Crippen LogP contribution in [0.1, 0.15) is 214 Å². The van der Waals surface area contributed by atoms with Crippen molar-refractivity contribution in [2.75, 3.05) is 28.2 Å². The molecule has 0 aromatic heterocycles. The number of carbonyl (C=O) groups is 2. The van der Waals surface area contributed by atoms with Gasteiger partial charge in [0.05, 0.1) is 22.5 Å². The summed E-state index contributed by atoms with van der Waals surface area (Å²) in [5, 5.41) is 27.7. The van der Waals surface area contributed by atoms with Crippen molar-refractivity contribution in [2.45, 2.75) is 217 Å². The lowest BCUT2D eigenvalue weighted by atomic mass is 9.78. The van der Waals surface area contributed by atoms with Gasteiger partial charge in [0.2, 0.25) is 11.7 Å². The Bertz CT molecular complexity index is 2430. The molecule has 2 aliphatic carbocycles. The van der Waals surface area contributed by atoms with E-state index in [1.54, 1.807) is 0 Å². The summed E-state index contributed by atoms with van der Waals surface area (Å²) in [6, 6.07) is 23.9. The summed E-state index contributed by atoms with van der Waals surface area (Å²) in [6.45, 7) is 23.6. The van der Waals surface area contributed by atoms with Crippen molar-refractivity contribution in [2.24, 2.45) is 28.7 Å². The molecule has 0 fully saturated rings. The molecule has 3 aromatic carbocycles. The first-order valence-corrected chi connectivity index (χ1v) is 30.5. The van der Waals surface area contributed by atoms with Gasteiger partial charge < -0.3 is 25.3 Å². The summed E-state index contributed by atoms with van der Waals surface area (Å²) in [5.41, 5.74) is 9.01. The fourth-order valence-corrected chi connectivity index (χ4v) is 10.9. The van der Waals surface area contributed by atoms with Crippen LogP contribution in [0.15, 0.2) is 113 Å². The number of hydrogen-bond donors (Lipinski definition) is 3. The summed E-state index contributed by atoms with van der Waals surface area (Å²) in [6.07, 6.45) is 27.6. The van der Waals surface area contributed by atoms with Crippen molar-refractivity contribution in [1.82, 2.24) is 0 Å². The first-order chi connectivity index (χ1) is 36.9. The molecule has 3 N–H and O–H groups in total. The molecule has 0 saturated heterocycles. The summed E-state index contributed by atoms with van der Waals surface area (Å²) in [7, 11) is 0. The number of anilines is 4. The van der Waals surface area contributed by atoms with E-state index in [1.807, 2.05) is 30.4 Å². The highest BCUT2D eigenvalue weighted by molar-refractivity contribution is 6.42. The lowest BCUT2D eigenvalue weighted by molar-refractivity contribution is -0.120. The molecule has 0 heterocycles. The number of benzene rings is 3. The predicted octanol–water partition coefficient (Wildman–Crippen LogP) is 18.2. The number of nitrogens with zero attached hydrogens (tertiary/aromatic N) is 3. The van der Waals surface area contributed by atoms with E-state index in [0.717, 1.165) is 171 Å². The van der Waals surface area contributed by atoms with Crippen LogP contribution in [0, 0.1) is 23.7 Å². The summed E-state index contributed by atoms with van der Waals surface area (Å²) >= 11 is 0. The zero-order chi connectivity index (χ0) is 55.0. The summed E-state index contributed by atoms with van der Waals surface area (Å²) in [5.74, 6) is 0.137. The molecule has 8 nitrogen and oxygen atoms in total. The van der Waals surface area contributed by atoms with Crippen molar-refractivity contribution >= 4 is 45.7 Å². The lowest BCUT2D eigenvalue weighted by Gasteiger charge is -2.33. The molecule has 0 bridgehead atoms. The average Bonchev–Trinajstić information content (AvgIpc) is 3.50. The minimum absolute atomic E-state index is 0.0599. The van der Waals surface area contributed by atoms with Crippen molar-refractivity contribution in [1.29, 1.82) is 0 Å². The molecule has 76 heavy (non-hydrogen) atoms. The second-order valence-corrected chi connectivity index (χ2v) is 22.0. The Kier molecular flexibility index (Phi) is 26.4. The average molecular weight is 1040 g/mol. The molecule has 0 radical (unpaired) electrons. The number of aliphatic hydroxyl groups excluding tert-OH is 2. The number of nitrogens with one attached hydrogen (secondary N) is 1. The Balaban J connectivity index is 1.69. The maximum atomic E-state index is 15.1. The van der Waals surface area contributed by atoms with E-state index in [1.165, 1.54) is 11.1 Å². The molecule has 0 saturated carbocycles. The molecule has 1 amide bonds. The standard InChI is InChI=1S/C68H100N4O4/c1-11-21-27-49(17-7)47-71(55-37-33-51(34-38-55)29-23-13-3)57-41-43-59(61(45-57)69-67(75)53(19-9)31-25-15-5)63-65(73)64(66(63)74)60-44-42-58(46-62(60)70-68(76)54(20-10)32-26-16-6)72(48-50(18-8)28-22-12-2)56-39-35-52(36-40-56)30-24-14-4/h33-46,49-50,53-54,67,73,75H,11-32,47-48H2,1-10H3,(H,70,76). The van der Waals surface area contributed by atoms with Gasteiger partial charge in [-0.1, -0.05) is 171 Å². The van der Waals surface area contributed by atoms with E-state index in [4.69, 9.17) is 4.99 Å². The molecular weight excluding hydrogens is 937 g/mol. The van der Waals surface area contributed by atoms with Crippen LogP contribution in [0.5, 0.6) is 0 Å². The molecule has 3 aromatic rings. The normalized spacial score (nSPS) is 17.1. The third-order valence-electron chi connectivity index (χ3n) is 16.3. The van der Waals surface area contributed by atoms with Gasteiger partial charge in [-0.05, 0) is 148 Å². The second kappa shape index (κ2) is 32.5. The van der Waals surface area contributed by atoms with Crippen molar-refractivity contribution < 1.29 is 19.8 Å². The number of amides is 1. The van der Waals surface area contributed by atoms with Crippen LogP contribution < -0.4 is 15.1 Å². The van der Waals surface area contributed by atoms with E-state index in [2.05, 4.69) is 139 Å². The molecule has 0 spiro atoms. The zero-order valence-electron chi connectivity index (χ0n) is 49.0. The highest BCUT2D eigenvalue weighted by Gasteiger charge is 2.40. The topological polar surface area (TPSA) is 105 Å². The maximum Gasteiger partial charge on any atom is 0.227 e. The van der Waals surface area contributed by atoms with Gasteiger partial charge in [0.25, 0.3) is 0 Å². The number of aliphatic hydroxyl groups is 2. The molecule has 5 rings (SSSR count). The number of aryl methyl sites for hydroxylation is 2. The number of rotatable bonds is 35. The number of hydrogen-bond acceptors (Lipinski definition) is 7. The fourth-order valence-electron chi connectivity index (χ4n) is 10.9. The minimum atomic E-state index is -0.996. The van der Waals surface area contributed by atoms with Gasteiger partial charge >= 0.3 is 0 Å². The van der Waals surface area contributed by atoms with Gasteiger partial charge in [0, 0.05) is 58.8 Å². The number of aliphatic imine (C=N–C) groups is 1. The van der Waals surface area contributed by atoms with Crippen LogP contribution >= 0.6 is 0 Å². The molecule has 5 unspecified atom stereocenters. The molecule has 8 heteroatoms. The summed E-state index contributed by atoms with van der Waals surface area (Å²) < 4.78 is 0. The van der Waals surface area contributed by atoms with Crippen LogP contribution in [0.2, 0.25) is 0 Å². The first-order valence-electron chi connectivity index (χ1n) is 30.5. The zero-order valence-corrected chi connectivity index (χ0v) is 49.0. The van der Waals surface area contributed by atoms with Crippen molar-refractivity contribution in [3.05, 3.63) is 124 Å². The smallest absolute Gasteiger partial charge is 0.227 e. The Morgan fingerprint density at radius 3 is 1.61 bits per heavy atom. The van der Waals surface area contributed by atoms with Gasteiger partial charge in [-0.3, -0.25) is 14.6 Å². The second-order valence-electron chi connectivity index (χ2n) is 22.0. The van der Waals surface area contributed by atoms with Gasteiger partial charge in [-0.2, -0.15) is 0 Å². The SMILES string of the molecule is CCCCc1ccc(N(CC(CC)CCCC)C2=CC(=NC(O)C(CC)CCCC)C(=C3C(=O)C(c4ccc(N(CC(CC)CCCC)c5ccc(CCCC)cc5)cc4NC(=O)C(CC)CCCC)=C3O)C=C2)cc1. The van der Waals surface area contributed by atoms with Crippen molar-refractivity contribution in [3.8, 4) is 0 Å². The molecule has 5 atom stereocenters. The number of Topliss-reactive ketones (excluding diaryl/α,β-unsaturated/α-hetero) is 1. The van der Waals surface area contributed by atoms with Crippen LogP contribution in [-0.2, 0) is 22.4 Å². The van der Waals surface area contributed by atoms with Gasteiger partial charge in [0.1, 0.15) is 12.0 Å². The number of carbonyl (C=O) groups excluding carboxylic acids is 2. The van der Waals surface area contributed by atoms with Crippen LogP contribution in [0.3, 0.4) is 0 Å². The lowest BCUT2D eigenvalue weighted by Crippen LogP contribution is -2.31. The van der Waals surface area contributed by atoms with E-state index in [9.17, 15) is 15.0 Å². The number of ketones is 1. The molecular formula is C68H100N4O4. The third kappa shape index (κ3) is 16.9. The molecule has 2 aliphatic rings. The Hall–Kier alpha value is -5.21. The van der Waals surface area contributed by atoms with Crippen molar-refractivity contribution in [3.63, 3.8) is 0 Å². The monoisotopic (exact) mass is 1040 g/mol. The highest BCUT2D eigenvalue weighted by atomic mass is 16.3. The minimum Gasteiger partial charge on any atom is -0.506 e. The van der Waals surface area contributed by atoms with E-state index in [0.29, 0.717) is 40.8 Å². The Morgan fingerprint density at radius 1 is 0.579 bits per heavy atom. The van der Waals surface area contributed by atoms with Gasteiger partial charge in [0.15, 0.2) is 0 Å².